The molecule has 1 fully saturated rings. The lowest BCUT2D eigenvalue weighted by Gasteiger charge is -2.17. The SMILES string of the molecule is CCCCOc1ccc(Cl)cc1C1NC(C(=O)O)CS1. The lowest BCUT2D eigenvalue weighted by molar-refractivity contribution is -0.138. The highest BCUT2D eigenvalue weighted by molar-refractivity contribution is 7.99. The van der Waals surface area contributed by atoms with Crippen LogP contribution in [-0.2, 0) is 4.79 Å². The third-order valence-corrected chi connectivity index (χ3v) is 4.57. The van der Waals surface area contributed by atoms with E-state index in [1.807, 2.05) is 12.1 Å². The van der Waals surface area contributed by atoms with E-state index in [0.717, 1.165) is 24.2 Å². The number of hydrogen-bond acceptors (Lipinski definition) is 4. The predicted molar refractivity (Wildman–Crippen MR) is 81.6 cm³/mol. The number of carboxylic acids is 1. The van der Waals surface area contributed by atoms with Gasteiger partial charge in [0, 0.05) is 16.3 Å². The number of rotatable bonds is 6. The third-order valence-electron chi connectivity index (χ3n) is 3.09. The summed E-state index contributed by atoms with van der Waals surface area (Å²) in [7, 11) is 0. The minimum absolute atomic E-state index is 0.0913. The first-order chi connectivity index (χ1) is 9.61. The summed E-state index contributed by atoms with van der Waals surface area (Å²) < 4.78 is 5.78. The largest absolute Gasteiger partial charge is 0.493 e. The maximum absolute atomic E-state index is 11.0. The lowest BCUT2D eigenvalue weighted by atomic mass is 10.2. The van der Waals surface area contributed by atoms with E-state index in [2.05, 4.69) is 12.2 Å². The van der Waals surface area contributed by atoms with Crippen LogP contribution in [0, 0.1) is 0 Å². The van der Waals surface area contributed by atoms with Gasteiger partial charge in [0.05, 0.1) is 12.0 Å². The van der Waals surface area contributed by atoms with E-state index < -0.39 is 12.0 Å². The Kier molecular flexibility index (Phi) is 5.57. The van der Waals surface area contributed by atoms with E-state index in [1.165, 1.54) is 0 Å². The highest BCUT2D eigenvalue weighted by Gasteiger charge is 2.32. The first-order valence-corrected chi connectivity index (χ1v) is 8.07. The van der Waals surface area contributed by atoms with E-state index in [-0.39, 0.29) is 5.37 Å². The van der Waals surface area contributed by atoms with Crippen LogP contribution in [0.25, 0.3) is 0 Å². The van der Waals surface area contributed by atoms with Crippen LogP contribution >= 0.6 is 23.4 Å². The monoisotopic (exact) mass is 315 g/mol. The standard InChI is InChI=1S/C14H18ClNO3S/c1-2-3-6-19-12-5-4-9(15)7-10(12)13-16-11(8-20-13)14(17)18/h4-5,7,11,13,16H,2-3,6,8H2,1H3,(H,17,18). The molecule has 2 rings (SSSR count). The van der Waals surface area contributed by atoms with E-state index in [4.69, 9.17) is 21.4 Å². The fourth-order valence-electron chi connectivity index (χ4n) is 1.98. The average molecular weight is 316 g/mol. The Bertz CT molecular complexity index is 483. The topological polar surface area (TPSA) is 58.6 Å². The second-order valence-electron chi connectivity index (χ2n) is 4.66. The van der Waals surface area contributed by atoms with Gasteiger partial charge in [0.1, 0.15) is 11.8 Å². The number of carbonyl (C=O) groups is 1. The summed E-state index contributed by atoms with van der Waals surface area (Å²) in [5, 5.41) is 12.7. The third kappa shape index (κ3) is 3.81. The Balaban J connectivity index is 2.13. The first-order valence-electron chi connectivity index (χ1n) is 6.64. The van der Waals surface area contributed by atoms with Gasteiger partial charge in [0.25, 0.3) is 0 Å². The molecule has 0 bridgehead atoms. The van der Waals surface area contributed by atoms with Crippen molar-refractivity contribution in [2.45, 2.75) is 31.2 Å². The number of hydrogen-bond donors (Lipinski definition) is 2. The van der Waals surface area contributed by atoms with Crippen molar-refractivity contribution in [2.24, 2.45) is 0 Å². The van der Waals surface area contributed by atoms with Crippen molar-refractivity contribution in [3.63, 3.8) is 0 Å². The normalized spacial score (nSPS) is 21.9. The van der Waals surface area contributed by atoms with Gasteiger partial charge in [-0.25, -0.2) is 0 Å². The summed E-state index contributed by atoms with van der Waals surface area (Å²) >= 11 is 7.61. The zero-order valence-corrected chi connectivity index (χ0v) is 12.8. The molecule has 0 radical (unpaired) electrons. The fraction of sp³-hybridized carbons (Fsp3) is 0.500. The minimum Gasteiger partial charge on any atom is -0.493 e. The molecule has 0 saturated carbocycles. The van der Waals surface area contributed by atoms with Crippen molar-refractivity contribution in [3.05, 3.63) is 28.8 Å². The van der Waals surface area contributed by atoms with E-state index in [9.17, 15) is 4.79 Å². The second kappa shape index (κ2) is 7.20. The van der Waals surface area contributed by atoms with Gasteiger partial charge in [0.2, 0.25) is 0 Å². The van der Waals surface area contributed by atoms with E-state index in [1.54, 1.807) is 17.8 Å². The lowest BCUT2D eigenvalue weighted by Crippen LogP contribution is -2.33. The fourth-order valence-corrected chi connectivity index (χ4v) is 3.40. The molecular weight excluding hydrogens is 298 g/mol. The number of ether oxygens (including phenoxy) is 1. The number of nitrogens with one attached hydrogen (secondary N) is 1. The highest BCUT2D eigenvalue weighted by atomic mass is 35.5. The molecule has 1 aliphatic rings. The van der Waals surface area contributed by atoms with Crippen LogP contribution in [0.4, 0.5) is 0 Å². The van der Waals surface area contributed by atoms with Crippen LogP contribution < -0.4 is 10.1 Å². The minimum atomic E-state index is -0.824. The summed E-state index contributed by atoms with van der Waals surface area (Å²) in [5.41, 5.74) is 0.919. The molecule has 0 aliphatic carbocycles. The maximum Gasteiger partial charge on any atom is 0.321 e. The summed E-state index contributed by atoms with van der Waals surface area (Å²) in [4.78, 5) is 11.0. The van der Waals surface area contributed by atoms with Crippen LogP contribution in [-0.4, -0.2) is 29.5 Å². The number of carboxylic acid groups (broad SMARTS) is 1. The van der Waals surface area contributed by atoms with Crippen LogP contribution in [0.3, 0.4) is 0 Å². The number of thioether (sulfide) groups is 1. The van der Waals surface area contributed by atoms with Gasteiger partial charge in [-0.05, 0) is 24.6 Å². The second-order valence-corrected chi connectivity index (χ2v) is 6.23. The molecule has 2 N–H and O–H groups in total. The molecule has 1 saturated heterocycles. The predicted octanol–water partition coefficient (Wildman–Crippen LogP) is 3.31. The summed E-state index contributed by atoms with van der Waals surface area (Å²) in [5.74, 6) is 0.496. The van der Waals surface area contributed by atoms with Crippen LogP contribution in [0.1, 0.15) is 30.7 Å². The van der Waals surface area contributed by atoms with Gasteiger partial charge < -0.3 is 9.84 Å². The summed E-state index contributed by atoms with van der Waals surface area (Å²) in [6.07, 6.45) is 2.06. The molecular formula is C14H18ClNO3S. The number of halogens is 1. The molecule has 20 heavy (non-hydrogen) atoms. The first kappa shape index (κ1) is 15.5. The molecule has 0 aromatic heterocycles. The molecule has 0 amide bonds. The summed E-state index contributed by atoms with van der Waals surface area (Å²) in [6.45, 7) is 2.77. The number of aliphatic carboxylic acids is 1. The quantitative estimate of drug-likeness (QED) is 0.789. The Morgan fingerprint density at radius 2 is 2.40 bits per heavy atom. The maximum atomic E-state index is 11.0. The van der Waals surface area contributed by atoms with Crippen molar-refractivity contribution in [2.75, 3.05) is 12.4 Å². The molecule has 0 spiro atoms. The van der Waals surface area contributed by atoms with Crippen LogP contribution in [0.15, 0.2) is 18.2 Å². The van der Waals surface area contributed by atoms with E-state index >= 15 is 0 Å². The molecule has 6 heteroatoms. The van der Waals surface area contributed by atoms with Crippen molar-refractivity contribution in [3.8, 4) is 5.75 Å². The molecule has 2 unspecified atom stereocenters. The van der Waals surface area contributed by atoms with Gasteiger partial charge in [-0.3, -0.25) is 10.1 Å². The van der Waals surface area contributed by atoms with E-state index in [0.29, 0.717) is 17.4 Å². The Morgan fingerprint density at radius 1 is 1.60 bits per heavy atom. The molecule has 4 nitrogen and oxygen atoms in total. The molecule has 1 aromatic rings. The van der Waals surface area contributed by atoms with Gasteiger partial charge in [0.15, 0.2) is 0 Å². The Morgan fingerprint density at radius 3 is 3.05 bits per heavy atom. The molecule has 1 heterocycles. The molecule has 1 aliphatic heterocycles. The Hall–Kier alpha value is -0.910. The van der Waals surface area contributed by atoms with Crippen LogP contribution in [0.5, 0.6) is 5.75 Å². The van der Waals surface area contributed by atoms with Crippen molar-refractivity contribution < 1.29 is 14.6 Å². The van der Waals surface area contributed by atoms with Gasteiger partial charge >= 0.3 is 5.97 Å². The van der Waals surface area contributed by atoms with Crippen LogP contribution in [0.2, 0.25) is 5.02 Å². The van der Waals surface area contributed by atoms with Crippen molar-refractivity contribution in [1.82, 2.24) is 5.32 Å². The summed E-state index contributed by atoms with van der Waals surface area (Å²) in [6, 6.07) is 4.97. The van der Waals surface area contributed by atoms with Gasteiger partial charge in [-0.15, -0.1) is 11.8 Å². The smallest absolute Gasteiger partial charge is 0.321 e. The zero-order chi connectivity index (χ0) is 14.5. The zero-order valence-electron chi connectivity index (χ0n) is 11.3. The van der Waals surface area contributed by atoms with Crippen molar-refractivity contribution >= 4 is 29.3 Å². The van der Waals surface area contributed by atoms with Gasteiger partial charge in [-0.1, -0.05) is 24.9 Å². The average Bonchev–Trinajstić information content (AvgIpc) is 2.90. The molecule has 110 valence electrons. The Labute approximate surface area is 127 Å². The number of unbranched alkanes of at least 4 members (excludes halogenated alkanes) is 1. The number of benzene rings is 1. The van der Waals surface area contributed by atoms with Gasteiger partial charge in [-0.2, -0.15) is 0 Å². The molecule has 2 atom stereocenters. The highest BCUT2D eigenvalue weighted by Crippen LogP contribution is 2.39. The molecule has 1 aromatic carbocycles. The van der Waals surface area contributed by atoms with Crippen molar-refractivity contribution in [1.29, 1.82) is 0 Å².